The highest BCUT2D eigenvalue weighted by molar-refractivity contribution is 6.22. The number of fused-ring (bicyclic) bond motifs is 1. The number of anilines is 1. The number of benzene rings is 1. The summed E-state index contributed by atoms with van der Waals surface area (Å²) < 4.78 is 10.6. The number of ether oxygens (including phenoxy) is 2. The summed E-state index contributed by atoms with van der Waals surface area (Å²) in [5, 5.41) is 0. The van der Waals surface area contributed by atoms with Gasteiger partial charge in [0, 0.05) is 24.2 Å². The molecule has 2 heterocycles. The van der Waals surface area contributed by atoms with Gasteiger partial charge in [0.15, 0.2) is 0 Å². The van der Waals surface area contributed by atoms with Crippen molar-refractivity contribution >= 4 is 17.5 Å². The monoisotopic (exact) mass is 372 g/mol. The molecule has 4 rings (SSSR count). The van der Waals surface area contributed by atoms with Crippen LogP contribution in [0.2, 0.25) is 0 Å². The molecule has 1 aliphatic carbocycles. The predicted molar refractivity (Wildman–Crippen MR) is 102 cm³/mol. The van der Waals surface area contributed by atoms with Gasteiger partial charge in [-0.25, -0.2) is 4.90 Å². The third kappa shape index (κ3) is 3.31. The van der Waals surface area contributed by atoms with E-state index in [0.29, 0.717) is 29.1 Å². The molecule has 1 saturated carbocycles. The molecule has 6 nitrogen and oxygen atoms in total. The van der Waals surface area contributed by atoms with Crippen LogP contribution < -0.4 is 14.4 Å². The topological polar surface area (TPSA) is 59.1 Å². The maximum absolute atomic E-state index is 13.3. The second-order valence-electron chi connectivity index (χ2n) is 7.85. The molecule has 0 spiro atoms. The summed E-state index contributed by atoms with van der Waals surface area (Å²) in [6.45, 7) is 0.917. The normalized spacial score (nSPS) is 29.0. The number of hydrogen-bond donors (Lipinski definition) is 0. The van der Waals surface area contributed by atoms with Crippen molar-refractivity contribution in [2.75, 3.05) is 25.7 Å². The average molecular weight is 372 g/mol. The van der Waals surface area contributed by atoms with Crippen molar-refractivity contribution in [1.82, 2.24) is 4.90 Å². The van der Waals surface area contributed by atoms with Crippen LogP contribution in [0.1, 0.15) is 44.9 Å². The van der Waals surface area contributed by atoms with Crippen molar-refractivity contribution in [3.8, 4) is 11.5 Å². The van der Waals surface area contributed by atoms with E-state index in [4.69, 9.17) is 9.47 Å². The van der Waals surface area contributed by atoms with Gasteiger partial charge in [-0.3, -0.25) is 14.5 Å². The summed E-state index contributed by atoms with van der Waals surface area (Å²) in [7, 11) is 3.12. The predicted octanol–water partition coefficient (Wildman–Crippen LogP) is 2.99. The maximum Gasteiger partial charge on any atom is 0.251 e. The number of carbonyl (C=O) groups excluding carboxylic acids is 2. The van der Waals surface area contributed by atoms with E-state index in [1.807, 2.05) is 0 Å². The van der Waals surface area contributed by atoms with E-state index in [-0.39, 0.29) is 24.3 Å². The Morgan fingerprint density at radius 1 is 0.926 bits per heavy atom. The summed E-state index contributed by atoms with van der Waals surface area (Å²) in [5.74, 6) is 1.57. The van der Waals surface area contributed by atoms with E-state index in [1.165, 1.54) is 30.6 Å². The molecule has 0 radical (unpaired) electrons. The number of hydrogen-bond acceptors (Lipinski definition) is 5. The first kappa shape index (κ1) is 18.3. The van der Waals surface area contributed by atoms with Crippen LogP contribution in [0.5, 0.6) is 11.5 Å². The van der Waals surface area contributed by atoms with Gasteiger partial charge in [0.1, 0.15) is 11.5 Å². The van der Waals surface area contributed by atoms with Crippen molar-refractivity contribution in [1.29, 1.82) is 0 Å². The second-order valence-corrected chi connectivity index (χ2v) is 7.85. The van der Waals surface area contributed by atoms with Gasteiger partial charge >= 0.3 is 0 Å². The van der Waals surface area contributed by atoms with Gasteiger partial charge in [-0.05, 0) is 38.1 Å². The van der Waals surface area contributed by atoms with E-state index in [9.17, 15) is 9.59 Å². The van der Waals surface area contributed by atoms with Crippen LogP contribution >= 0.6 is 0 Å². The minimum atomic E-state index is -0.333. The molecular weight excluding hydrogens is 344 g/mol. The Labute approximate surface area is 160 Å². The van der Waals surface area contributed by atoms with Gasteiger partial charge in [0.05, 0.1) is 32.4 Å². The fourth-order valence-electron chi connectivity index (χ4n) is 5.12. The van der Waals surface area contributed by atoms with Gasteiger partial charge in [0.25, 0.3) is 5.91 Å². The molecule has 2 aliphatic heterocycles. The molecule has 0 unspecified atom stereocenters. The van der Waals surface area contributed by atoms with Crippen molar-refractivity contribution < 1.29 is 19.1 Å². The zero-order chi connectivity index (χ0) is 19.0. The lowest BCUT2D eigenvalue weighted by Gasteiger charge is -2.46. The summed E-state index contributed by atoms with van der Waals surface area (Å²) >= 11 is 0. The van der Waals surface area contributed by atoms with E-state index in [2.05, 4.69) is 4.90 Å². The number of piperidine rings is 1. The van der Waals surface area contributed by atoms with Crippen LogP contribution in [0, 0.1) is 5.92 Å². The summed E-state index contributed by atoms with van der Waals surface area (Å²) in [4.78, 5) is 29.7. The number of nitrogens with zero attached hydrogens (tertiary/aromatic N) is 2. The van der Waals surface area contributed by atoms with Crippen LogP contribution in [0.4, 0.5) is 5.69 Å². The third-order valence-corrected chi connectivity index (χ3v) is 6.40. The van der Waals surface area contributed by atoms with Crippen LogP contribution in [-0.4, -0.2) is 49.6 Å². The number of carbonyl (C=O) groups is 2. The lowest BCUT2D eigenvalue weighted by atomic mass is 9.77. The molecular formula is C21H28N2O4. The van der Waals surface area contributed by atoms with Crippen molar-refractivity contribution in [2.24, 2.45) is 5.92 Å². The Hall–Kier alpha value is -2.08. The minimum Gasteiger partial charge on any atom is -0.497 e. The van der Waals surface area contributed by atoms with Crippen LogP contribution in [0.25, 0.3) is 0 Å². The summed E-state index contributed by atoms with van der Waals surface area (Å²) in [5.41, 5.74) is 0.529. The zero-order valence-electron chi connectivity index (χ0n) is 16.1. The van der Waals surface area contributed by atoms with Crippen molar-refractivity contribution in [2.45, 2.75) is 57.0 Å². The van der Waals surface area contributed by atoms with Gasteiger partial charge in [-0.15, -0.1) is 0 Å². The van der Waals surface area contributed by atoms with Crippen LogP contribution in [0.15, 0.2) is 18.2 Å². The van der Waals surface area contributed by atoms with E-state index in [1.54, 1.807) is 32.4 Å². The smallest absolute Gasteiger partial charge is 0.251 e. The van der Waals surface area contributed by atoms with E-state index < -0.39 is 0 Å². The van der Waals surface area contributed by atoms with Gasteiger partial charge in [-0.2, -0.15) is 0 Å². The number of imide groups is 1. The fourth-order valence-corrected chi connectivity index (χ4v) is 5.12. The highest BCUT2D eigenvalue weighted by atomic mass is 16.5. The summed E-state index contributed by atoms with van der Waals surface area (Å²) in [6, 6.07) is 5.30. The van der Waals surface area contributed by atoms with Gasteiger partial charge in [-0.1, -0.05) is 12.8 Å². The molecule has 146 valence electrons. The molecule has 27 heavy (non-hydrogen) atoms. The molecule has 0 aromatic heterocycles. The molecule has 6 heteroatoms. The molecule has 3 fully saturated rings. The first-order valence-corrected chi connectivity index (χ1v) is 9.98. The molecule has 0 bridgehead atoms. The quantitative estimate of drug-likeness (QED) is 0.761. The molecule has 3 aliphatic rings. The van der Waals surface area contributed by atoms with E-state index in [0.717, 1.165) is 19.4 Å². The van der Waals surface area contributed by atoms with Crippen LogP contribution in [0.3, 0.4) is 0 Å². The van der Waals surface area contributed by atoms with Gasteiger partial charge in [0.2, 0.25) is 5.91 Å². The average Bonchev–Trinajstić information content (AvgIpc) is 3.00. The zero-order valence-corrected chi connectivity index (χ0v) is 16.1. The Balaban J connectivity index is 1.60. The highest BCUT2D eigenvalue weighted by Crippen LogP contribution is 2.39. The lowest BCUT2D eigenvalue weighted by Crippen LogP contribution is -2.54. The first-order valence-electron chi connectivity index (χ1n) is 9.98. The Kier molecular flexibility index (Phi) is 5.08. The molecule has 2 saturated heterocycles. The largest absolute Gasteiger partial charge is 0.497 e. The standard InChI is InChI=1S/C21H28N2O4/c1-26-16-10-15(11-17(12-16)27-2)23-20(24)13-19(21(23)25)22-9-5-7-14-6-3-4-8-18(14)22/h10-12,14,18-19H,3-9,13H2,1-2H3/t14-,18+,19-/m1/s1. The number of amides is 2. The molecule has 3 atom stereocenters. The lowest BCUT2D eigenvalue weighted by molar-refractivity contribution is -0.124. The third-order valence-electron chi connectivity index (χ3n) is 6.40. The molecule has 1 aromatic rings. The Morgan fingerprint density at radius 3 is 2.30 bits per heavy atom. The van der Waals surface area contributed by atoms with E-state index >= 15 is 0 Å². The number of rotatable bonds is 4. The maximum atomic E-state index is 13.3. The number of likely N-dealkylation sites (tertiary alicyclic amines) is 1. The summed E-state index contributed by atoms with van der Waals surface area (Å²) in [6.07, 6.45) is 7.56. The van der Waals surface area contributed by atoms with Crippen molar-refractivity contribution in [3.63, 3.8) is 0 Å². The molecule has 2 amide bonds. The van der Waals surface area contributed by atoms with Gasteiger partial charge < -0.3 is 9.47 Å². The highest BCUT2D eigenvalue weighted by Gasteiger charge is 2.47. The fraction of sp³-hybridized carbons (Fsp3) is 0.619. The number of methoxy groups -OCH3 is 2. The minimum absolute atomic E-state index is 0.110. The van der Waals surface area contributed by atoms with Crippen molar-refractivity contribution in [3.05, 3.63) is 18.2 Å². The molecule has 0 N–H and O–H groups in total. The first-order chi connectivity index (χ1) is 13.1. The SMILES string of the molecule is COc1cc(OC)cc(N2C(=O)C[C@@H](N3CCC[C@H]4CCCC[C@@H]43)C2=O)c1. The Morgan fingerprint density at radius 2 is 1.59 bits per heavy atom. The van der Waals surface area contributed by atoms with Crippen LogP contribution in [-0.2, 0) is 9.59 Å². The molecule has 1 aromatic carbocycles. The second kappa shape index (κ2) is 7.50. The Bertz CT molecular complexity index is 711.